The summed E-state index contributed by atoms with van der Waals surface area (Å²) in [4.78, 5) is 21.3. The number of carbonyl (C=O) groups is 1. The highest BCUT2D eigenvalue weighted by molar-refractivity contribution is 7.99. The molecule has 0 aliphatic carbocycles. The van der Waals surface area contributed by atoms with Crippen LogP contribution in [0.3, 0.4) is 0 Å². The Morgan fingerprint density at radius 3 is 2.38 bits per heavy atom. The van der Waals surface area contributed by atoms with Crippen LogP contribution in [0.4, 0.5) is 10.1 Å². The molecule has 0 fully saturated rings. The summed E-state index contributed by atoms with van der Waals surface area (Å²) in [5.74, 6) is -1.94. The fraction of sp³-hybridized carbons (Fsp3) is 0. The Morgan fingerprint density at radius 2 is 1.86 bits per heavy atom. The molecule has 0 aromatic heterocycles. The van der Waals surface area contributed by atoms with Gasteiger partial charge >= 0.3 is 5.97 Å². The molecule has 0 amide bonds. The van der Waals surface area contributed by atoms with Gasteiger partial charge in [0.25, 0.3) is 5.69 Å². The number of benzene rings is 2. The summed E-state index contributed by atoms with van der Waals surface area (Å²) in [7, 11) is 0. The third-order valence-corrected chi connectivity index (χ3v) is 3.95. The number of halogens is 2. The lowest BCUT2D eigenvalue weighted by molar-refractivity contribution is -0.384. The molecule has 0 aliphatic heterocycles. The molecule has 0 radical (unpaired) electrons. The van der Waals surface area contributed by atoms with E-state index in [4.69, 9.17) is 16.7 Å². The van der Waals surface area contributed by atoms with Gasteiger partial charge in [0, 0.05) is 11.0 Å². The van der Waals surface area contributed by atoms with Gasteiger partial charge in [-0.15, -0.1) is 0 Å². The van der Waals surface area contributed by atoms with E-state index in [0.29, 0.717) is 4.90 Å². The largest absolute Gasteiger partial charge is 0.478 e. The van der Waals surface area contributed by atoms with Crippen molar-refractivity contribution < 1.29 is 19.2 Å². The zero-order valence-electron chi connectivity index (χ0n) is 10.2. The fourth-order valence-electron chi connectivity index (χ4n) is 1.53. The number of nitro groups is 1. The highest BCUT2D eigenvalue weighted by Gasteiger charge is 2.20. The van der Waals surface area contributed by atoms with E-state index >= 15 is 0 Å². The minimum Gasteiger partial charge on any atom is -0.478 e. The Kier molecular flexibility index (Phi) is 4.44. The monoisotopic (exact) mass is 327 g/mol. The van der Waals surface area contributed by atoms with Crippen molar-refractivity contribution in [1.29, 1.82) is 0 Å². The van der Waals surface area contributed by atoms with Gasteiger partial charge in [-0.05, 0) is 30.3 Å². The van der Waals surface area contributed by atoms with Gasteiger partial charge < -0.3 is 5.11 Å². The summed E-state index contributed by atoms with van der Waals surface area (Å²) in [6.45, 7) is 0. The average Bonchev–Trinajstić information content (AvgIpc) is 2.44. The maximum Gasteiger partial charge on any atom is 0.335 e. The van der Waals surface area contributed by atoms with Gasteiger partial charge in [0.2, 0.25) is 0 Å². The Labute approximate surface area is 127 Å². The third kappa shape index (κ3) is 3.32. The van der Waals surface area contributed by atoms with Gasteiger partial charge in [0.05, 0.1) is 15.4 Å². The zero-order valence-corrected chi connectivity index (χ0v) is 11.8. The van der Waals surface area contributed by atoms with Crippen LogP contribution in [0, 0.1) is 15.9 Å². The lowest BCUT2D eigenvalue weighted by Gasteiger charge is -2.05. The summed E-state index contributed by atoms with van der Waals surface area (Å²) >= 11 is 6.61. The van der Waals surface area contributed by atoms with Crippen molar-refractivity contribution in [2.45, 2.75) is 9.79 Å². The first kappa shape index (κ1) is 15.3. The molecular formula is C13H7ClFNO4S. The van der Waals surface area contributed by atoms with Crippen LogP contribution in [-0.4, -0.2) is 16.0 Å². The van der Waals surface area contributed by atoms with E-state index in [1.807, 2.05) is 0 Å². The van der Waals surface area contributed by atoms with E-state index in [2.05, 4.69) is 0 Å². The maximum atomic E-state index is 14.0. The number of carboxylic acid groups (broad SMARTS) is 1. The predicted octanol–water partition coefficient (Wildman–Crippen LogP) is 4.24. The van der Waals surface area contributed by atoms with Crippen LogP contribution in [0.15, 0.2) is 46.2 Å². The van der Waals surface area contributed by atoms with Gasteiger partial charge in [-0.1, -0.05) is 23.4 Å². The molecule has 0 atom stereocenters. The SMILES string of the molecule is O=C(O)c1ccc(Sc2ccc([N+](=O)[O-])c(Cl)c2F)cc1. The van der Waals surface area contributed by atoms with Crippen molar-refractivity contribution in [2.24, 2.45) is 0 Å². The van der Waals surface area contributed by atoms with Gasteiger partial charge in [-0.2, -0.15) is 0 Å². The normalized spacial score (nSPS) is 10.4. The van der Waals surface area contributed by atoms with E-state index in [1.165, 1.54) is 30.3 Å². The Bertz CT molecular complexity index is 721. The first-order valence-corrected chi connectivity index (χ1v) is 6.73. The fourth-order valence-corrected chi connectivity index (χ4v) is 2.68. The molecule has 5 nitrogen and oxygen atoms in total. The quantitative estimate of drug-likeness (QED) is 0.671. The van der Waals surface area contributed by atoms with E-state index in [0.717, 1.165) is 17.8 Å². The number of nitrogens with zero attached hydrogens (tertiary/aromatic N) is 1. The highest BCUT2D eigenvalue weighted by atomic mass is 35.5. The first-order valence-electron chi connectivity index (χ1n) is 5.53. The second-order valence-electron chi connectivity index (χ2n) is 3.90. The molecule has 2 aromatic rings. The molecule has 0 spiro atoms. The van der Waals surface area contributed by atoms with Crippen LogP contribution in [0.2, 0.25) is 5.02 Å². The van der Waals surface area contributed by atoms with Crippen LogP contribution in [0.1, 0.15) is 10.4 Å². The second kappa shape index (κ2) is 6.11. The molecule has 2 rings (SSSR count). The zero-order chi connectivity index (χ0) is 15.6. The molecule has 0 unspecified atom stereocenters. The van der Waals surface area contributed by atoms with Crippen LogP contribution >= 0.6 is 23.4 Å². The molecule has 0 bridgehead atoms. The van der Waals surface area contributed by atoms with Crippen molar-refractivity contribution in [2.75, 3.05) is 0 Å². The number of carboxylic acids is 1. The van der Waals surface area contributed by atoms with Crippen molar-refractivity contribution >= 4 is 35.0 Å². The third-order valence-electron chi connectivity index (χ3n) is 2.55. The Hall–Kier alpha value is -2.12. The summed E-state index contributed by atoms with van der Waals surface area (Å²) in [6, 6.07) is 8.19. The number of rotatable bonds is 4. The molecule has 1 N–H and O–H groups in total. The van der Waals surface area contributed by atoms with Gasteiger partial charge in [-0.25, -0.2) is 9.18 Å². The van der Waals surface area contributed by atoms with Crippen molar-refractivity contribution in [3.63, 3.8) is 0 Å². The van der Waals surface area contributed by atoms with Crippen LogP contribution in [-0.2, 0) is 0 Å². The molecule has 108 valence electrons. The predicted molar refractivity (Wildman–Crippen MR) is 75.6 cm³/mol. The van der Waals surface area contributed by atoms with E-state index in [1.54, 1.807) is 0 Å². The summed E-state index contributed by atoms with van der Waals surface area (Å²) in [5.41, 5.74) is -0.388. The molecule has 0 aliphatic rings. The topological polar surface area (TPSA) is 80.4 Å². The number of hydrogen-bond acceptors (Lipinski definition) is 4. The second-order valence-corrected chi connectivity index (χ2v) is 5.39. The summed E-state index contributed by atoms with van der Waals surface area (Å²) in [6.07, 6.45) is 0. The van der Waals surface area contributed by atoms with Crippen molar-refractivity contribution in [1.82, 2.24) is 0 Å². The molecule has 2 aromatic carbocycles. The van der Waals surface area contributed by atoms with Crippen LogP contribution < -0.4 is 0 Å². The van der Waals surface area contributed by atoms with Gasteiger partial charge in [0.15, 0.2) is 10.8 Å². The van der Waals surface area contributed by atoms with E-state index < -0.39 is 27.4 Å². The molecular weight excluding hydrogens is 321 g/mol. The molecule has 0 heterocycles. The maximum absolute atomic E-state index is 14.0. The Balaban J connectivity index is 2.29. The number of hydrogen-bond donors (Lipinski definition) is 1. The average molecular weight is 328 g/mol. The lowest BCUT2D eigenvalue weighted by Crippen LogP contribution is -1.95. The lowest BCUT2D eigenvalue weighted by atomic mass is 10.2. The van der Waals surface area contributed by atoms with Gasteiger partial charge in [0.1, 0.15) is 0 Å². The van der Waals surface area contributed by atoms with Crippen molar-refractivity contribution in [3.05, 3.63) is 62.9 Å². The van der Waals surface area contributed by atoms with Crippen LogP contribution in [0.25, 0.3) is 0 Å². The van der Waals surface area contributed by atoms with Crippen molar-refractivity contribution in [3.8, 4) is 0 Å². The molecule has 21 heavy (non-hydrogen) atoms. The standard InChI is InChI=1S/C13H7ClFNO4S/c14-11-9(16(19)20)5-6-10(12(11)15)21-8-3-1-7(2-4-8)13(17)18/h1-6H,(H,17,18). The summed E-state index contributed by atoms with van der Waals surface area (Å²) in [5, 5.41) is 18.9. The molecule has 0 saturated heterocycles. The smallest absolute Gasteiger partial charge is 0.335 e. The summed E-state index contributed by atoms with van der Waals surface area (Å²) < 4.78 is 14.0. The highest BCUT2D eigenvalue weighted by Crippen LogP contribution is 2.37. The van der Waals surface area contributed by atoms with Gasteiger partial charge in [-0.3, -0.25) is 10.1 Å². The molecule has 8 heteroatoms. The number of aromatic carboxylic acids is 1. The first-order chi connectivity index (χ1) is 9.90. The van der Waals surface area contributed by atoms with E-state index in [9.17, 15) is 19.3 Å². The molecule has 0 saturated carbocycles. The number of nitro benzene ring substituents is 1. The van der Waals surface area contributed by atoms with E-state index in [-0.39, 0.29) is 10.5 Å². The van der Waals surface area contributed by atoms with Crippen LogP contribution in [0.5, 0.6) is 0 Å². The minimum absolute atomic E-state index is 0.113. The Morgan fingerprint density at radius 1 is 1.24 bits per heavy atom. The minimum atomic E-state index is -1.06.